The van der Waals surface area contributed by atoms with Gasteiger partial charge in [-0.2, -0.15) is 17.4 Å². The average Bonchev–Trinajstić information content (AvgIpc) is 3.08. The molecule has 0 aromatic heterocycles. The van der Waals surface area contributed by atoms with Gasteiger partial charge < -0.3 is 10.2 Å². The van der Waals surface area contributed by atoms with Crippen LogP contribution in [0, 0.1) is 0 Å². The zero-order valence-electron chi connectivity index (χ0n) is 17.8. The highest BCUT2D eigenvalue weighted by atomic mass is 35.5. The van der Waals surface area contributed by atoms with Gasteiger partial charge in [-0.25, -0.2) is 0 Å². The molecule has 3 N–H and O–H groups in total. The van der Waals surface area contributed by atoms with E-state index in [1.54, 1.807) is 25.2 Å². The topological polar surface area (TPSA) is 128 Å². The van der Waals surface area contributed by atoms with E-state index >= 15 is 0 Å². The van der Waals surface area contributed by atoms with Crippen molar-refractivity contribution in [3.63, 3.8) is 0 Å². The van der Waals surface area contributed by atoms with Crippen molar-refractivity contribution in [3.05, 3.63) is 34.9 Å². The highest BCUT2D eigenvalue weighted by Gasteiger charge is 2.39. The molecule has 2 fully saturated rings. The molecular weight excluding hydrogens is 458 g/mol. The van der Waals surface area contributed by atoms with Crippen LogP contribution in [0.15, 0.2) is 18.2 Å². The van der Waals surface area contributed by atoms with Crippen LogP contribution in [0.5, 0.6) is 0 Å². The highest BCUT2D eigenvalue weighted by molar-refractivity contribution is 7.87. The molecule has 32 heavy (non-hydrogen) atoms. The fourth-order valence-electron chi connectivity index (χ4n) is 4.35. The number of fused-ring (bicyclic) bond motifs is 1. The van der Waals surface area contributed by atoms with Gasteiger partial charge in [0.15, 0.2) is 0 Å². The fourth-order valence-corrected chi connectivity index (χ4v) is 5.51. The first-order valence-electron chi connectivity index (χ1n) is 10.5. The van der Waals surface area contributed by atoms with Crippen molar-refractivity contribution in [2.45, 2.75) is 50.9 Å². The van der Waals surface area contributed by atoms with E-state index in [0.717, 1.165) is 31.5 Å². The molecule has 0 radical (unpaired) electrons. The molecular formula is C20H28ClN5O5S. The van der Waals surface area contributed by atoms with Gasteiger partial charge in [0.2, 0.25) is 11.8 Å². The summed E-state index contributed by atoms with van der Waals surface area (Å²) < 4.78 is 29.3. The third kappa shape index (κ3) is 4.96. The number of nitrogens with one attached hydrogen (secondary N) is 3. The Labute approximate surface area is 193 Å². The quantitative estimate of drug-likeness (QED) is 0.482. The molecule has 10 nitrogen and oxygen atoms in total. The van der Waals surface area contributed by atoms with E-state index < -0.39 is 22.2 Å². The number of imide groups is 1. The monoisotopic (exact) mass is 485 g/mol. The van der Waals surface area contributed by atoms with Crippen LogP contribution < -0.4 is 15.4 Å². The number of rotatable bonds is 6. The van der Waals surface area contributed by atoms with Crippen LogP contribution in [0.2, 0.25) is 0 Å². The number of carbonyl (C=O) groups excluding carboxylic acids is 3. The average molecular weight is 486 g/mol. The number of carbonyl (C=O) groups is 3. The lowest BCUT2D eigenvalue weighted by Gasteiger charge is -2.30. The van der Waals surface area contributed by atoms with Gasteiger partial charge in [-0.15, -0.1) is 12.4 Å². The Kier molecular flexibility index (Phi) is 7.56. The van der Waals surface area contributed by atoms with Crippen molar-refractivity contribution in [3.8, 4) is 0 Å². The van der Waals surface area contributed by atoms with Crippen LogP contribution in [-0.2, 0) is 32.9 Å². The lowest BCUT2D eigenvalue weighted by atomic mass is 10.0. The van der Waals surface area contributed by atoms with E-state index in [1.807, 2.05) is 0 Å². The third-order valence-electron chi connectivity index (χ3n) is 6.25. The summed E-state index contributed by atoms with van der Waals surface area (Å²) in [6.07, 6.45) is 2.04. The first kappa shape index (κ1) is 24.6. The Hall–Kier alpha value is -2.05. The smallest absolute Gasteiger partial charge is 0.279 e. The molecule has 3 heterocycles. The number of halogens is 1. The van der Waals surface area contributed by atoms with Crippen LogP contribution in [0.4, 0.5) is 0 Å². The lowest BCUT2D eigenvalue weighted by Crippen LogP contribution is -2.52. The molecule has 3 aliphatic rings. The summed E-state index contributed by atoms with van der Waals surface area (Å²) >= 11 is 0. The summed E-state index contributed by atoms with van der Waals surface area (Å²) in [4.78, 5) is 37.9. The van der Waals surface area contributed by atoms with Crippen molar-refractivity contribution < 1.29 is 22.8 Å². The summed E-state index contributed by atoms with van der Waals surface area (Å²) in [5.41, 5.74) is 1.92. The molecule has 1 atom stereocenters. The normalized spacial score (nSPS) is 22.0. The van der Waals surface area contributed by atoms with E-state index in [4.69, 9.17) is 0 Å². The molecule has 12 heteroatoms. The van der Waals surface area contributed by atoms with Gasteiger partial charge >= 0.3 is 0 Å². The zero-order valence-corrected chi connectivity index (χ0v) is 19.4. The second-order valence-electron chi connectivity index (χ2n) is 8.21. The van der Waals surface area contributed by atoms with Gasteiger partial charge in [0.25, 0.3) is 16.1 Å². The number of piperidine rings is 2. The maximum absolute atomic E-state index is 12.9. The molecule has 4 rings (SSSR count). The summed E-state index contributed by atoms with van der Waals surface area (Å²) in [6.45, 7) is 1.95. The van der Waals surface area contributed by atoms with Gasteiger partial charge in [0.1, 0.15) is 6.04 Å². The number of amides is 3. The standard InChI is InChI=1S/C20H27N5O5S.ClH/c1-24(15-6-8-21-9-7-15)31(29,30)22-11-13-2-3-14-12-25(20(28)16(14)10-13)17-4-5-18(26)23-19(17)27;/h2-3,10,15,17,21-22H,4-9,11-12H2,1H3,(H,23,26,27);1H. The molecule has 1 aromatic carbocycles. The molecule has 3 amide bonds. The molecule has 2 saturated heterocycles. The number of hydrogen-bond acceptors (Lipinski definition) is 6. The number of nitrogens with zero attached hydrogens (tertiary/aromatic N) is 2. The summed E-state index contributed by atoms with van der Waals surface area (Å²) in [5.74, 6) is -1.05. The first-order valence-corrected chi connectivity index (χ1v) is 11.9. The Balaban J connectivity index is 0.00000289. The maximum atomic E-state index is 12.9. The zero-order chi connectivity index (χ0) is 22.2. The van der Waals surface area contributed by atoms with Gasteiger partial charge in [0, 0.05) is 38.2 Å². The predicted molar refractivity (Wildman–Crippen MR) is 119 cm³/mol. The van der Waals surface area contributed by atoms with Crippen molar-refractivity contribution >= 4 is 40.3 Å². The summed E-state index contributed by atoms with van der Waals surface area (Å²) in [5, 5.41) is 5.50. The lowest BCUT2D eigenvalue weighted by molar-refractivity contribution is -0.136. The minimum atomic E-state index is -3.65. The molecule has 176 valence electrons. The minimum absolute atomic E-state index is 0. The SMILES string of the molecule is CN(C1CCNCC1)S(=O)(=O)NCc1ccc2c(c1)C(=O)N(C1CCC(=O)NC1=O)C2.Cl. The van der Waals surface area contributed by atoms with Crippen LogP contribution in [0.1, 0.15) is 47.2 Å². The molecule has 1 aromatic rings. The third-order valence-corrected chi connectivity index (χ3v) is 7.82. The van der Waals surface area contributed by atoms with Crippen LogP contribution in [0.25, 0.3) is 0 Å². The molecule has 0 saturated carbocycles. The Morgan fingerprint density at radius 1 is 1.16 bits per heavy atom. The maximum Gasteiger partial charge on any atom is 0.279 e. The van der Waals surface area contributed by atoms with E-state index in [-0.39, 0.29) is 43.2 Å². The minimum Gasteiger partial charge on any atom is -0.322 e. The van der Waals surface area contributed by atoms with E-state index in [1.165, 1.54) is 9.21 Å². The largest absolute Gasteiger partial charge is 0.322 e. The van der Waals surface area contributed by atoms with Crippen molar-refractivity contribution in [2.24, 2.45) is 0 Å². The van der Waals surface area contributed by atoms with Gasteiger partial charge in [-0.1, -0.05) is 12.1 Å². The summed E-state index contributed by atoms with van der Waals surface area (Å²) in [7, 11) is -2.07. The summed E-state index contributed by atoms with van der Waals surface area (Å²) in [6, 6.07) is 4.55. The number of hydrogen-bond donors (Lipinski definition) is 3. The Morgan fingerprint density at radius 2 is 1.88 bits per heavy atom. The van der Waals surface area contributed by atoms with Crippen molar-refractivity contribution in [2.75, 3.05) is 20.1 Å². The van der Waals surface area contributed by atoms with Crippen LogP contribution in [-0.4, -0.2) is 67.6 Å². The molecule has 0 bridgehead atoms. The second-order valence-corrected chi connectivity index (χ2v) is 10.0. The van der Waals surface area contributed by atoms with E-state index in [9.17, 15) is 22.8 Å². The first-order chi connectivity index (χ1) is 14.8. The second kappa shape index (κ2) is 9.84. The fraction of sp³-hybridized carbons (Fsp3) is 0.550. The molecule has 3 aliphatic heterocycles. The van der Waals surface area contributed by atoms with E-state index in [0.29, 0.717) is 24.1 Å². The molecule has 0 spiro atoms. The van der Waals surface area contributed by atoms with Gasteiger partial charge in [-0.3, -0.25) is 19.7 Å². The van der Waals surface area contributed by atoms with Crippen molar-refractivity contribution in [1.82, 2.24) is 24.6 Å². The predicted octanol–water partition coefficient (Wildman–Crippen LogP) is -0.112. The van der Waals surface area contributed by atoms with Crippen LogP contribution >= 0.6 is 12.4 Å². The highest BCUT2D eigenvalue weighted by Crippen LogP contribution is 2.28. The molecule has 1 unspecified atom stereocenters. The van der Waals surface area contributed by atoms with Crippen molar-refractivity contribution in [1.29, 1.82) is 0 Å². The Morgan fingerprint density at radius 3 is 2.56 bits per heavy atom. The number of benzene rings is 1. The van der Waals surface area contributed by atoms with Crippen LogP contribution in [0.3, 0.4) is 0 Å². The van der Waals surface area contributed by atoms with Gasteiger partial charge in [0.05, 0.1) is 0 Å². The van der Waals surface area contributed by atoms with E-state index in [2.05, 4.69) is 15.4 Å². The Bertz CT molecular complexity index is 1010. The van der Waals surface area contributed by atoms with Gasteiger partial charge in [-0.05, 0) is 49.5 Å². The molecule has 0 aliphatic carbocycles.